The van der Waals surface area contributed by atoms with Gasteiger partial charge in [-0.1, -0.05) is 13.5 Å². The van der Waals surface area contributed by atoms with Crippen LogP contribution < -0.4 is 4.74 Å². The summed E-state index contributed by atoms with van der Waals surface area (Å²) in [6, 6.07) is 4.30. The van der Waals surface area contributed by atoms with Crippen molar-refractivity contribution in [2.24, 2.45) is 0 Å². The fraction of sp³-hybridized carbons (Fsp3) is 0.417. The summed E-state index contributed by atoms with van der Waals surface area (Å²) in [5, 5.41) is 0. The predicted molar refractivity (Wildman–Crippen MR) is 60.5 cm³/mol. The van der Waals surface area contributed by atoms with Crippen LogP contribution in [-0.4, -0.2) is 26.1 Å². The Kier molecular flexibility index (Phi) is 6.34. The highest BCUT2D eigenvalue weighted by atomic mass is 19.1. The monoisotopic (exact) mass is 228 g/mol. The minimum absolute atomic E-state index is 0. The molecule has 0 heterocycles. The summed E-state index contributed by atoms with van der Waals surface area (Å²) >= 11 is 0. The van der Waals surface area contributed by atoms with E-state index < -0.39 is 5.82 Å². The normalized spacial score (nSPS) is 9.44. The van der Waals surface area contributed by atoms with E-state index in [0.29, 0.717) is 13.2 Å². The van der Waals surface area contributed by atoms with E-state index in [1.165, 1.54) is 19.1 Å². The van der Waals surface area contributed by atoms with Crippen LogP contribution in [0.4, 0.5) is 4.39 Å². The number of methoxy groups -OCH3 is 1. The first kappa shape index (κ1) is 14.6. The zero-order chi connectivity index (χ0) is 11.3. The summed E-state index contributed by atoms with van der Waals surface area (Å²) in [7, 11) is 1.54. The zero-order valence-electron chi connectivity index (χ0n) is 8.75. The molecule has 1 aromatic rings. The lowest BCUT2D eigenvalue weighted by Crippen LogP contribution is -2.08. The summed E-state index contributed by atoms with van der Waals surface area (Å²) in [5.41, 5.74) is -0.00592. The van der Waals surface area contributed by atoms with Crippen molar-refractivity contribution in [3.05, 3.63) is 29.6 Å². The van der Waals surface area contributed by atoms with Gasteiger partial charge in [0.25, 0.3) is 0 Å². The Bertz CT molecular complexity index is 350. The van der Waals surface area contributed by atoms with E-state index >= 15 is 0 Å². The standard InChI is InChI=1S/C11H13FO3.CH4/c1-8(13)11-9(12)4-3-5-10(11)15-7-6-14-2;/h3-5H,6-7H2,1-2H3;1H4. The minimum Gasteiger partial charge on any atom is -0.490 e. The zero-order valence-corrected chi connectivity index (χ0v) is 8.75. The van der Waals surface area contributed by atoms with Crippen LogP contribution in [0.1, 0.15) is 24.7 Å². The molecular formula is C12H17FO3. The lowest BCUT2D eigenvalue weighted by Gasteiger charge is -2.09. The first-order valence-electron chi connectivity index (χ1n) is 4.58. The molecule has 0 N–H and O–H groups in total. The molecule has 90 valence electrons. The summed E-state index contributed by atoms with van der Waals surface area (Å²) in [5.74, 6) is -0.641. The minimum atomic E-state index is -0.558. The summed E-state index contributed by atoms with van der Waals surface area (Å²) in [6.07, 6.45) is 0. The molecule has 0 radical (unpaired) electrons. The molecule has 1 rings (SSSR count). The van der Waals surface area contributed by atoms with Gasteiger partial charge in [0.15, 0.2) is 5.78 Å². The van der Waals surface area contributed by atoms with Gasteiger partial charge in [-0.2, -0.15) is 0 Å². The molecule has 1 aromatic carbocycles. The van der Waals surface area contributed by atoms with Gasteiger partial charge in [0.2, 0.25) is 0 Å². The van der Waals surface area contributed by atoms with Gasteiger partial charge >= 0.3 is 0 Å². The van der Waals surface area contributed by atoms with Gasteiger partial charge < -0.3 is 9.47 Å². The molecule has 0 amide bonds. The lowest BCUT2D eigenvalue weighted by atomic mass is 10.1. The maximum Gasteiger partial charge on any atom is 0.166 e. The van der Waals surface area contributed by atoms with Crippen molar-refractivity contribution in [3.8, 4) is 5.75 Å². The average molecular weight is 228 g/mol. The molecule has 0 aromatic heterocycles. The summed E-state index contributed by atoms with van der Waals surface area (Å²) < 4.78 is 23.3. The van der Waals surface area contributed by atoms with Crippen molar-refractivity contribution >= 4 is 5.78 Å². The first-order valence-corrected chi connectivity index (χ1v) is 4.58. The Morgan fingerprint density at radius 2 is 2.06 bits per heavy atom. The molecule has 0 aliphatic heterocycles. The highest BCUT2D eigenvalue weighted by molar-refractivity contribution is 5.97. The number of carbonyl (C=O) groups is 1. The second kappa shape index (κ2) is 6.95. The topological polar surface area (TPSA) is 35.5 Å². The highest BCUT2D eigenvalue weighted by Crippen LogP contribution is 2.21. The van der Waals surface area contributed by atoms with Crippen LogP contribution in [0, 0.1) is 5.82 Å². The Hall–Kier alpha value is -1.42. The molecule has 0 unspecified atom stereocenters. The van der Waals surface area contributed by atoms with E-state index in [4.69, 9.17) is 9.47 Å². The van der Waals surface area contributed by atoms with Gasteiger partial charge in [0, 0.05) is 7.11 Å². The van der Waals surface area contributed by atoms with Gasteiger partial charge in [-0.15, -0.1) is 0 Å². The van der Waals surface area contributed by atoms with E-state index in [1.54, 1.807) is 13.2 Å². The molecular weight excluding hydrogens is 211 g/mol. The molecule has 0 aliphatic carbocycles. The highest BCUT2D eigenvalue weighted by Gasteiger charge is 2.13. The van der Waals surface area contributed by atoms with Crippen LogP contribution in [0.2, 0.25) is 0 Å². The Morgan fingerprint density at radius 1 is 1.38 bits per heavy atom. The van der Waals surface area contributed by atoms with E-state index in [-0.39, 0.29) is 24.5 Å². The van der Waals surface area contributed by atoms with Crippen molar-refractivity contribution in [2.45, 2.75) is 14.4 Å². The Balaban J connectivity index is 0.00000225. The third kappa shape index (κ3) is 3.62. The van der Waals surface area contributed by atoms with Crippen LogP contribution in [-0.2, 0) is 4.74 Å². The van der Waals surface area contributed by atoms with Crippen molar-refractivity contribution in [1.29, 1.82) is 0 Å². The smallest absolute Gasteiger partial charge is 0.166 e. The molecule has 0 saturated carbocycles. The van der Waals surface area contributed by atoms with Gasteiger partial charge in [0.1, 0.15) is 18.2 Å². The Morgan fingerprint density at radius 3 is 2.62 bits per heavy atom. The molecule has 0 fully saturated rings. The summed E-state index contributed by atoms with van der Waals surface area (Å²) in [6.45, 7) is 2.00. The number of benzene rings is 1. The third-order valence-corrected chi connectivity index (χ3v) is 1.87. The average Bonchev–Trinajstić information content (AvgIpc) is 2.17. The van der Waals surface area contributed by atoms with Crippen LogP contribution in [0.3, 0.4) is 0 Å². The van der Waals surface area contributed by atoms with E-state index in [9.17, 15) is 9.18 Å². The molecule has 4 heteroatoms. The first-order chi connectivity index (χ1) is 7.16. The molecule has 0 atom stereocenters. The largest absolute Gasteiger partial charge is 0.490 e. The summed E-state index contributed by atoms with van der Waals surface area (Å²) in [4.78, 5) is 11.2. The second-order valence-electron chi connectivity index (χ2n) is 3.01. The second-order valence-corrected chi connectivity index (χ2v) is 3.01. The molecule has 3 nitrogen and oxygen atoms in total. The number of ether oxygens (including phenoxy) is 2. The molecule has 0 bridgehead atoms. The van der Waals surface area contributed by atoms with Crippen LogP contribution in [0.25, 0.3) is 0 Å². The van der Waals surface area contributed by atoms with Crippen molar-refractivity contribution in [3.63, 3.8) is 0 Å². The number of rotatable bonds is 5. The van der Waals surface area contributed by atoms with Crippen LogP contribution in [0.5, 0.6) is 5.75 Å². The molecule has 0 saturated heterocycles. The van der Waals surface area contributed by atoms with Crippen molar-refractivity contribution in [1.82, 2.24) is 0 Å². The number of halogens is 1. The van der Waals surface area contributed by atoms with Gasteiger partial charge in [-0.25, -0.2) is 4.39 Å². The number of hydrogen-bond acceptors (Lipinski definition) is 3. The molecule has 0 aliphatic rings. The van der Waals surface area contributed by atoms with Gasteiger partial charge in [-0.05, 0) is 19.1 Å². The van der Waals surface area contributed by atoms with Gasteiger partial charge in [-0.3, -0.25) is 4.79 Å². The van der Waals surface area contributed by atoms with Crippen molar-refractivity contribution < 1.29 is 18.7 Å². The lowest BCUT2D eigenvalue weighted by molar-refractivity contribution is 0.100. The van der Waals surface area contributed by atoms with Crippen LogP contribution >= 0.6 is 0 Å². The van der Waals surface area contributed by atoms with Crippen LogP contribution in [0.15, 0.2) is 18.2 Å². The van der Waals surface area contributed by atoms with Gasteiger partial charge in [0.05, 0.1) is 12.2 Å². The maximum absolute atomic E-state index is 13.3. The predicted octanol–water partition coefficient (Wildman–Crippen LogP) is 2.69. The number of ketones is 1. The number of Topliss-reactive ketones (excluding diaryl/α,β-unsaturated/α-hetero) is 1. The fourth-order valence-electron chi connectivity index (χ4n) is 1.20. The number of hydrogen-bond donors (Lipinski definition) is 0. The SMILES string of the molecule is C.COCCOc1cccc(F)c1C(C)=O. The van der Waals surface area contributed by atoms with E-state index in [2.05, 4.69) is 0 Å². The molecule has 0 spiro atoms. The number of carbonyl (C=O) groups excluding carboxylic acids is 1. The Labute approximate surface area is 95.2 Å². The van der Waals surface area contributed by atoms with Crippen molar-refractivity contribution in [2.75, 3.05) is 20.3 Å². The fourth-order valence-corrected chi connectivity index (χ4v) is 1.20. The van der Waals surface area contributed by atoms with E-state index in [0.717, 1.165) is 0 Å². The maximum atomic E-state index is 13.3. The molecule has 16 heavy (non-hydrogen) atoms. The quantitative estimate of drug-likeness (QED) is 0.574. The van der Waals surface area contributed by atoms with E-state index in [1.807, 2.05) is 0 Å². The third-order valence-electron chi connectivity index (χ3n) is 1.87.